The molecule has 6 nitrogen and oxygen atoms in total. The minimum atomic E-state index is -0.327. The number of rotatable bonds is 5. The van der Waals surface area contributed by atoms with Crippen LogP contribution in [0.5, 0.6) is 5.75 Å². The number of benzene rings is 1. The van der Waals surface area contributed by atoms with Crippen molar-refractivity contribution in [3.05, 3.63) is 27.7 Å². The van der Waals surface area contributed by atoms with Gasteiger partial charge in [0.1, 0.15) is 10.8 Å². The molecule has 0 aliphatic carbocycles. The van der Waals surface area contributed by atoms with E-state index >= 15 is 0 Å². The van der Waals surface area contributed by atoms with E-state index in [2.05, 4.69) is 17.3 Å². The summed E-state index contributed by atoms with van der Waals surface area (Å²) < 4.78 is 5.15. The maximum Gasteiger partial charge on any atom is 0.342 e. The Bertz CT molecular complexity index is 607. The highest BCUT2D eigenvalue weighted by atomic mass is 35.5. The molecule has 8 heteroatoms. The van der Waals surface area contributed by atoms with E-state index in [9.17, 15) is 4.79 Å². The molecular weight excluding hydrogens is 365 g/mol. The van der Waals surface area contributed by atoms with Crippen LogP contribution in [0.4, 0.5) is 4.79 Å². The van der Waals surface area contributed by atoms with Crippen LogP contribution in [0.3, 0.4) is 0 Å². The standard InChI is InChI=1S/C17H25Cl2N3O3/c1-11(13-5-6-14(24-3)16(19)15(13)18)20-17(23)22(25-4)12-7-9-21(2)10-8-12/h5-6,11-12H,7-10H2,1-4H3,(H,20,23)/t11-/m0/s1. The fourth-order valence-electron chi connectivity index (χ4n) is 2.99. The second kappa shape index (κ2) is 8.94. The lowest BCUT2D eigenvalue weighted by Gasteiger charge is -2.35. The van der Waals surface area contributed by atoms with Crippen molar-refractivity contribution in [1.82, 2.24) is 15.3 Å². The molecule has 1 heterocycles. The summed E-state index contributed by atoms with van der Waals surface area (Å²) in [5, 5.41) is 5.05. The number of amides is 2. The highest BCUT2D eigenvalue weighted by molar-refractivity contribution is 6.43. The summed E-state index contributed by atoms with van der Waals surface area (Å²) >= 11 is 12.5. The molecule has 0 radical (unpaired) electrons. The topological polar surface area (TPSA) is 54.0 Å². The van der Waals surface area contributed by atoms with Crippen molar-refractivity contribution in [3.63, 3.8) is 0 Å². The average molecular weight is 390 g/mol. The number of urea groups is 1. The predicted octanol–water partition coefficient (Wildman–Crippen LogP) is 3.73. The highest BCUT2D eigenvalue weighted by Crippen LogP contribution is 2.37. The van der Waals surface area contributed by atoms with Crippen LogP contribution >= 0.6 is 23.2 Å². The molecule has 0 unspecified atom stereocenters. The molecule has 1 aromatic carbocycles. The Labute approximate surface area is 158 Å². The number of piperidine rings is 1. The van der Waals surface area contributed by atoms with Gasteiger partial charge in [0.05, 0.1) is 31.3 Å². The van der Waals surface area contributed by atoms with Crippen molar-refractivity contribution in [2.24, 2.45) is 0 Å². The highest BCUT2D eigenvalue weighted by Gasteiger charge is 2.28. The van der Waals surface area contributed by atoms with Crippen LogP contribution in [0, 0.1) is 0 Å². The van der Waals surface area contributed by atoms with E-state index in [1.165, 1.54) is 19.3 Å². The van der Waals surface area contributed by atoms with Gasteiger partial charge in [-0.25, -0.2) is 9.86 Å². The van der Waals surface area contributed by atoms with Gasteiger partial charge in [-0.15, -0.1) is 0 Å². The van der Waals surface area contributed by atoms with Gasteiger partial charge in [-0.2, -0.15) is 0 Å². The second-order valence-electron chi connectivity index (χ2n) is 6.20. The van der Waals surface area contributed by atoms with Gasteiger partial charge in [0.2, 0.25) is 0 Å². The summed E-state index contributed by atoms with van der Waals surface area (Å²) in [6.45, 7) is 3.73. The van der Waals surface area contributed by atoms with Crippen molar-refractivity contribution in [2.45, 2.75) is 31.8 Å². The number of hydroxylamine groups is 2. The van der Waals surface area contributed by atoms with Crippen LogP contribution in [0.15, 0.2) is 12.1 Å². The lowest BCUT2D eigenvalue weighted by molar-refractivity contribution is -0.127. The number of hydrogen-bond donors (Lipinski definition) is 1. The molecule has 0 spiro atoms. The molecule has 25 heavy (non-hydrogen) atoms. The van der Waals surface area contributed by atoms with Crippen LogP contribution in [0.25, 0.3) is 0 Å². The SMILES string of the molecule is COc1ccc([C@H](C)NC(=O)N(OC)C2CCN(C)CC2)c(Cl)c1Cl. The molecule has 2 rings (SSSR count). The third kappa shape index (κ3) is 4.70. The predicted molar refractivity (Wildman–Crippen MR) is 99.3 cm³/mol. The Kier molecular flexibility index (Phi) is 7.19. The third-order valence-electron chi connectivity index (χ3n) is 4.52. The summed E-state index contributed by atoms with van der Waals surface area (Å²) in [5.74, 6) is 0.499. The van der Waals surface area contributed by atoms with E-state index in [1.54, 1.807) is 12.1 Å². The molecule has 0 aromatic heterocycles. The van der Waals surface area contributed by atoms with Crippen molar-refractivity contribution in [2.75, 3.05) is 34.4 Å². The molecule has 1 fully saturated rings. The van der Waals surface area contributed by atoms with Gasteiger partial charge in [-0.1, -0.05) is 29.3 Å². The number of hydrogen-bond acceptors (Lipinski definition) is 4. The maximum absolute atomic E-state index is 12.6. The number of carbonyl (C=O) groups is 1. The van der Waals surface area contributed by atoms with Crippen molar-refractivity contribution in [3.8, 4) is 5.75 Å². The van der Waals surface area contributed by atoms with E-state index in [0.717, 1.165) is 31.5 Å². The van der Waals surface area contributed by atoms with Gasteiger partial charge >= 0.3 is 6.03 Å². The Morgan fingerprint density at radius 2 is 1.92 bits per heavy atom. The molecule has 1 saturated heterocycles. The first kappa shape index (κ1) is 20.1. The van der Waals surface area contributed by atoms with Gasteiger partial charge in [-0.05, 0) is 51.5 Å². The van der Waals surface area contributed by atoms with Crippen LogP contribution in [0.1, 0.15) is 31.4 Å². The minimum absolute atomic E-state index is 0.0586. The first-order valence-electron chi connectivity index (χ1n) is 8.23. The first-order chi connectivity index (χ1) is 11.9. The zero-order chi connectivity index (χ0) is 18.6. The summed E-state index contributed by atoms with van der Waals surface area (Å²) in [4.78, 5) is 20.2. The van der Waals surface area contributed by atoms with Crippen LogP contribution < -0.4 is 10.1 Å². The van der Waals surface area contributed by atoms with E-state index in [0.29, 0.717) is 15.8 Å². The Morgan fingerprint density at radius 3 is 2.48 bits per heavy atom. The zero-order valence-corrected chi connectivity index (χ0v) is 16.5. The van der Waals surface area contributed by atoms with Crippen molar-refractivity contribution < 1.29 is 14.4 Å². The molecule has 1 aromatic rings. The number of halogens is 2. The Morgan fingerprint density at radius 1 is 1.28 bits per heavy atom. The zero-order valence-electron chi connectivity index (χ0n) is 15.0. The van der Waals surface area contributed by atoms with Gasteiger partial charge in [0.25, 0.3) is 0 Å². The van der Waals surface area contributed by atoms with Crippen molar-refractivity contribution >= 4 is 29.2 Å². The molecule has 1 N–H and O–H groups in total. The van der Waals surface area contributed by atoms with Crippen molar-refractivity contribution in [1.29, 1.82) is 0 Å². The van der Waals surface area contributed by atoms with Gasteiger partial charge < -0.3 is 15.0 Å². The average Bonchev–Trinajstić information content (AvgIpc) is 2.59. The number of carbonyl (C=O) groups excluding carboxylic acids is 1. The van der Waals surface area contributed by atoms with Crippen LogP contribution in [-0.2, 0) is 4.84 Å². The van der Waals surface area contributed by atoms with Crippen LogP contribution in [-0.4, -0.2) is 56.4 Å². The maximum atomic E-state index is 12.6. The Balaban J connectivity index is 2.07. The quantitative estimate of drug-likeness (QED) is 0.779. The molecule has 0 saturated carbocycles. The van der Waals surface area contributed by atoms with E-state index in [4.69, 9.17) is 32.8 Å². The smallest absolute Gasteiger partial charge is 0.342 e. The van der Waals surface area contributed by atoms with Gasteiger partial charge in [-0.3, -0.25) is 4.84 Å². The molecule has 1 aliphatic rings. The molecule has 140 valence electrons. The first-order valence-corrected chi connectivity index (χ1v) is 8.98. The lowest BCUT2D eigenvalue weighted by Crippen LogP contribution is -2.50. The van der Waals surface area contributed by atoms with E-state index in [1.807, 2.05) is 6.92 Å². The lowest BCUT2D eigenvalue weighted by atomic mass is 10.1. The molecular formula is C17H25Cl2N3O3. The third-order valence-corrected chi connectivity index (χ3v) is 5.40. The fraction of sp³-hybridized carbons (Fsp3) is 0.588. The summed E-state index contributed by atoms with van der Waals surface area (Å²) in [6.07, 6.45) is 1.75. The Hall–Kier alpha value is -1.21. The van der Waals surface area contributed by atoms with E-state index < -0.39 is 0 Å². The second-order valence-corrected chi connectivity index (χ2v) is 6.95. The molecule has 0 bridgehead atoms. The number of methoxy groups -OCH3 is 1. The molecule has 1 atom stereocenters. The number of likely N-dealkylation sites (tertiary alicyclic amines) is 1. The van der Waals surface area contributed by atoms with E-state index in [-0.39, 0.29) is 18.1 Å². The van der Waals surface area contributed by atoms with Crippen LogP contribution in [0.2, 0.25) is 10.0 Å². The monoisotopic (exact) mass is 389 g/mol. The summed E-state index contributed by atoms with van der Waals surface area (Å²) in [6, 6.07) is 2.98. The van der Waals surface area contributed by atoms with Gasteiger partial charge in [0, 0.05) is 0 Å². The van der Waals surface area contributed by atoms with Gasteiger partial charge in [0.15, 0.2) is 0 Å². The minimum Gasteiger partial charge on any atom is -0.495 e. The largest absolute Gasteiger partial charge is 0.495 e. The number of nitrogens with zero attached hydrogens (tertiary/aromatic N) is 2. The number of nitrogens with one attached hydrogen (secondary N) is 1. The summed E-state index contributed by atoms with van der Waals surface area (Å²) in [5.41, 5.74) is 0.722. The molecule has 2 amide bonds. The number of ether oxygens (including phenoxy) is 1. The summed E-state index contributed by atoms with van der Waals surface area (Å²) in [7, 11) is 5.12. The fourth-order valence-corrected chi connectivity index (χ4v) is 3.56. The molecule has 1 aliphatic heterocycles. The normalized spacial score (nSPS) is 17.2.